The second kappa shape index (κ2) is 16.6. The third-order valence-corrected chi connectivity index (χ3v) is 5.11. The first kappa shape index (κ1) is 23.5. The first-order chi connectivity index (χ1) is 13.3. The van der Waals surface area contributed by atoms with Gasteiger partial charge >= 0.3 is 5.97 Å². The van der Waals surface area contributed by atoms with E-state index in [0.29, 0.717) is 12.2 Å². The van der Waals surface area contributed by atoms with E-state index in [4.69, 9.17) is 4.74 Å². The number of hydrogen-bond acceptors (Lipinski definition) is 2. The number of hydrogen-bond donors (Lipinski definition) is 0. The molecule has 2 heteroatoms. The van der Waals surface area contributed by atoms with E-state index < -0.39 is 0 Å². The first-order valence-electron chi connectivity index (χ1n) is 11.2. The second-order valence-corrected chi connectivity index (χ2v) is 7.56. The van der Waals surface area contributed by atoms with Gasteiger partial charge in [0.05, 0.1) is 12.2 Å². The Bertz CT molecular complexity index is 490. The Kier molecular flexibility index (Phi) is 14.4. The molecule has 0 aromatic heterocycles. The van der Waals surface area contributed by atoms with Crippen LogP contribution in [0.3, 0.4) is 0 Å². The highest BCUT2D eigenvalue weighted by Crippen LogP contribution is 2.13. The first-order valence-corrected chi connectivity index (χ1v) is 11.2. The average Bonchev–Trinajstić information content (AvgIpc) is 2.70. The molecule has 0 unspecified atom stereocenters. The van der Waals surface area contributed by atoms with Gasteiger partial charge in [-0.1, -0.05) is 115 Å². The molecule has 0 aliphatic carbocycles. The smallest absolute Gasteiger partial charge is 0.338 e. The molecular weight excluding hydrogens is 332 g/mol. The van der Waals surface area contributed by atoms with E-state index in [2.05, 4.69) is 13.5 Å². The Morgan fingerprint density at radius 1 is 0.778 bits per heavy atom. The van der Waals surface area contributed by atoms with E-state index in [1.54, 1.807) is 18.2 Å². The lowest BCUT2D eigenvalue weighted by Crippen LogP contribution is -2.06. The summed E-state index contributed by atoms with van der Waals surface area (Å²) in [6.45, 7) is 6.51. The monoisotopic (exact) mass is 372 g/mol. The van der Waals surface area contributed by atoms with Gasteiger partial charge in [-0.3, -0.25) is 0 Å². The lowest BCUT2D eigenvalue weighted by Gasteiger charge is -2.06. The minimum atomic E-state index is -0.222. The van der Waals surface area contributed by atoms with Gasteiger partial charge in [0.15, 0.2) is 0 Å². The van der Waals surface area contributed by atoms with Crippen LogP contribution in [0.4, 0.5) is 0 Å². The largest absolute Gasteiger partial charge is 0.462 e. The molecular formula is C25H40O2. The number of carbonyl (C=O) groups is 1. The van der Waals surface area contributed by atoms with Gasteiger partial charge in [0, 0.05) is 0 Å². The third kappa shape index (κ3) is 12.4. The van der Waals surface area contributed by atoms with Gasteiger partial charge < -0.3 is 4.74 Å². The van der Waals surface area contributed by atoms with Crippen LogP contribution in [0.25, 0.3) is 6.08 Å². The van der Waals surface area contributed by atoms with E-state index in [1.807, 2.05) is 12.1 Å². The Balaban J connectivity index is 1.86. The summed E-state index contributed by atoms with van der Waals surface area (Å²) in [5.41, 5.74) is 1.63. The third-order valence-electron chi connectivity index (χ3n) is 5.11. The summed E-state index contributed by atoms with van der Waals surface area (Å²) in [6, 6.07) is 7.36. The zero-order valence-corrected chi connectivity index (χ0v) is 17.5. The maximum atomic E-state index is 11.9. The van der Waals surface area contributed by atoms with Crippen molar-refractivity contribution in [3.05, 3.63) is 42.0 Å². The molecule has 2 nitrogen and oxygen atoms in total. The van der Waals surface area contributed by atoms with Crippen molar-refractivity contribution in [2.24, 2.45) is 0 Å². The van der Waals surface area contributed by atoms with Gasteiger partial charge in [-0.25, -0.2) is 4.79 Å². The quantitative estimate of drug-likeness (QED) is 0.205. The maximum absolute atomic E-state index is 11.9. The van der Waals surface area contributed by atoms with E-state index >= 15 is 0 Å². The molecule has 0 N–H and O–H groups in total. The van der Waals surface area contributed by atoms with Crippen LogP contribution in [-0.2, 0) is 4.74 Å². The van der Waals surface area contributed by atoms with E-state index in [1.165, 1.54) is 77.0 Å². The van der Waals surface area contributed by atoms with Gasteiger partial charge in [-0.2, -0.15) is 0 Å². The fourth-order valence-corrected chi connectivity index (χ4v) is 3.30. The Labute approximate surface area is 167 Å². The van der Waals surface area contributed by atoms with Crippen LogP contribution in [0.5, 0.6) is 0 Å². The van der Waals surface area contributed by atoms with Crippen molar-refractivity contribution in [2.75, 3.05) is 6.61 Å². The predicted molar refractivity (Wildman–Crippen MR) is 117 cm³/mol. The zero-order chi connectivity index (χ0) is 19.6. The zero-order valence-electron chi connectivity index (χ0n) is 17.5. The van der Waals surface area contributed by atoms with Gasteiger partial charge in [0.2, 0.25) is 0 Å². The summed E-state index contributed by atoms with van der Waals surface area (Å²) in [7, 11) is 0. The Hall–Kier alpha value is -1.57. The summed E-state index contributed by atoms with van der Waals surface area (Å²) in [4.78, 5) is 11.9. The van der Waals surface area contributed by atoms with Crippen molar-refractivity contribution in [3.8, 4) is 0 Å². The molecule has 0 spiro atoms. The molecule has 0 aliphatic rings. The van der Waals surface area contributed by atoms with Crippen LogP contribution in [0.15, 0.2) is 30.8 Å². The van der Waals surface area contributed by atoms with E-state index in [9.17, 15) is 4.79 Å². The normalized spacial score (nSPS) is 10.7. The summed E-state index contributed by atoms with van der Waals surface area (Å²) in [5, 5.41) is 0. The number of carbonyl (C=O) groups excluding carboxylic acids is 1. The SMILES string of the molecule is C=Cc1ccc(C(=O)OCCCCCCCCCCCCCCCC)cc1. The summed E-state index contributed by atoms with van der Waals surface area (Å²) >= 11 is 0. The molecule has 0 heterocycles. The van der Waals surface area contributed by atoms with Crippen molar-refractivity contribution >= 4 is 12.0 Å². The Morgan fingerprint density at radius 2 is 1.22 bits per heavy atom. The van der Waals surface area contributed by atoms with Crippen LogP contribution in [-0.4, -0.2) is 12.6 Å². The number of unbranched alkanes of at least 4 members (excludes halogenated alkanes) is 13. The molecule has 0 atom stereocenters. The minimum absolute atomic E-state index is 0.222. The molecule has 0 bridgehead atoms. The molecule has 1 aromatic carbocycles. The molecule has 0 saturated heterocycles. The summed E-state index contributed by atoms with van der Waals surface area (Å²) in [6.07, 6.45) is 20.4. The number of benzene rings is 1. The van der Waals surface area contributed by atoms with E-state index in [0.717, 1.165) is 18.4 Å². The lowest BCUT2D eigenvalue weighted by atomic mass is 10.0. The van der Waals surface area contributed by atoms with Crippen LogP contribution in [0.2, 0.25) is 0 Å². The average molecular weight is 373 g/mol. The minimum Gasteiger partial charge on any atom is -0.462 e. The molecule has 1 rings (SSSR count). The van der Waals surface area contributed by atoms with Gasteiger partial charge in [-0.05, 0) is 24.1 Å². The molecule has 27 heavy (non-hydrogen) atoms. The molecule has 152 valence electrons. The highest BCUT2D eigenvalue weighted by Gasteiger charge is 2.05. The van der Waals surface area contributed by atoms with Crippen LogP contribution in [0.1, 0.15) is 113 Å². The fraction of sp³-hybridized carbons (Fsp3) is 0.640. The highest BCUT2D eigenvalue weighted by atomic mass is 16.5. The van der Waals surface area contributed by atoms with Crippen molar-refractivity contribution < 1.29 is 9.53 Å². The van der Waals surface area contributed by atoms with Crippen molar-refractivity contribution in [3.63, 3.8) is 0 Å². The fourth-order valence-electron chi connectivity index (χ4n) is 3.30. The number of esters is 1. The van der Waals surface area contributed by atoms with Crippen molar-refractivity contribution in [1.82, 2.24) is 0 Å². The molecule has 0 aliphatic heterocycles. The highest BCUT2D eigenvalue weighted by molar-refractivity contribution is 5.89. The van der Waals surface area contributed by atoms with Gasteiger partial charge in [0.1, 0.15) is 0 Å². The second-order valence-electron chi connectivity index (χ2n) is 7.56. The molecule has 0 saturated carbocycles. The molecule has 0 radical (unpaired) electrons. The topological polar surface area (TPSA) is 26.3 Å². The van der Waals surface area contributed by atoms with Crippen LogP contribution >= 0.6 is 0 Å². The van der Waals surface area contributed by atoms with Crippen LogP contribution in [0, 0.1) is 0 Å². The predicted octanol–water partition coefficient (Wildman–Crippen LogP) is 7.97. The van der Waals surface area contributed by atoms with Gasteiger partial charge in [0.25, 0.3) is 0 Å². The molecule has 1 aromatic rings. The molecule has 0 amide bonds. The summed E-state index contributed by atoms with van der Waals surface area (Å²) < 4.78 is 5.34. The van der Waals surface area contributed by atoms with Crippen molar-refractivity contribution in [1.29, 1.82) is 0 Å². The number of rotatable bonds is 17. The lowest BCUT2D eigenvalue weighted by molar-refractivity contribution is 0.0497. The summed E-state index contributed by atoms with van der Waals surface area (Å²) in [5.74, 6) is -0.222. The molecule has 0 fully saturated rings. The van der Waals surface area contributed by atoms with Gasteiger partial charge in [-0.15, -0.1) is 0 Å². The van der Waals surface area contributed by atoms with E-state index in [-0.39, 0.29) is 5.97 Å². The number of ether oxygens (including phenoxy) is 1. The Morgan fingerprint density at radius 3 is 1.67 bits per heavy atom. The maximum Gasteiger partial charge on any atom is 0.338 e. The van der Waals surface area contributed by atoms with Crippen LogP contribution < -0.4 is 0 Å². The van der Waals surface area contributed by atoms with Crippen molar-refractivity contribution in [2.45, 2.75) is 96.8 Å². The standard InChI is InChI=1S/C25H40O2/c1-3-5-6-7-8-9-10-11-12-13-14-15-16-17-22-27-25(26)24-20-18-23(4-2)19-21-24/h4,18-21H,2-3,5-17,22H2,1H3.